The van der Waals surface area contributed by atoms with Gasteiger partial charge in [0.2, 0.25) is 0 Å². The van der Waals surface area contributed by atoms with Gasteiger partial charge in [-0.1, -0.05) is 19.4 Å². The number of benzene rings is 1. The van der Waals surface area contributed by atoms with Crippen molar-refractivity contribution in [1.29, 1.82) is 0 Å². The molecule has 0 saturated carbocycles. The molecule has 1 aromatic rings. The topological polar surface area (TPSA) is 47.6 Å². The molecule has 0 aliphatic rings. The van der Waals surface area contributed by atoms with Gasteiger partial charge in [0.05, 0.1) is 12.7 Å². The Bertz CT molecular complexity index is 438. The van der Waals surface area contributed by atoms with Crippen LogP contribution in [0.25, 0.3) is 0 Å². The van der Waals surface area contributed by atoms with Crippen LogP contribution in [0.1, 0.15) is 42.1 Å². The first kappa shape index (κ1) is 17.6. The fourth-order valence-corrected chi connectivity index (χ4v) is 1.82. The number of ether oxygens (including phenoxy) is 2. The SMILES string of the molecule is CCCCOCCCNCc1ccc(C(=O)OC)c(F)c1. The lowest BCUT2D eigenvalue weighted by Crippen LogP contribution is -2.17. The highest BCUT2D eigenvalue weighted by atomic mass is 19.1. The molecule has 0 amide bonds. The van der Waals surface area contributed by atoms with Crippen molar-refractivity contribution in [3.8, 4) is 0 Å². The summed E-state index contributed by atoms with van der Waals surface area (Å²) >= 11 is 0. The van der Waals surface area contributed by atoms with Gasteiger partial charge in [0.15, 0.2) is 0 Å². The zero-order valence-corrected chi connectivity index (χ0v) is 12.8. The first-order chi connectivity index (χ1) is 10.2. The third-order valence-electron chi connectivity index (χ3n) is 3.05. The van der Waals surface area contributed by atoms with Crippen molar-refractivity contribution in [2.45, 2.75) is 32.7 Å². The lowest BCUT2D eigenvalue weighted by Gasteiger charge is -2.07. The standard InChI is InChI=1S/C16H24FNO3/c1-3-4-9-21-10-5-8-18-12-13-6-7-14(15(17)11-13)16(19)20-2/h6-7,11,18H,3-5,8-10,12H2,1-2H3. The summed E-state index contributed by atoms with van der Waals surface area (Å²) in [4.78, 5) is 11.3. The van der Waals surface area contributed by atoms with Crippen LogP contribution in [0.2, 0.25) is 0 Å². The van der Waals surface area contributed by atoms with Crippen LogP contribution in [-0.4, -0.2) is 32.8 Å². The molecule has 5 heteroatoms. The number of rotatable bonds is 10. The molecule has 118 valence electrons. The van der Waals surface area contributed by atoms with Crippen molar-refractivity contribution in [2.75, 3.05) is 26.9 Å². The number of unbranched alkanes of at least 4 members (excludes halogenated alkanes) is 1. The number of nitrogens with one attached hydrogen (secondary N) is 1. The Labute approximate surface area is 125 Å². The van der Waals surface area contributed by atoms with E-state index in [9.17, 15) is 9.18 Å². The van der Waals surface area contributed by atoms with Crippen molar-refractivity contribution in [2.24, 2.45) is 0 Å². The smallest absolute Gasteiger partial charge is 0.340 e. The second-order valence-corrected chi connectivity index (χ2v) is 4.80. The van der Waals surface area contributed by atoms with Crippen LogP contribution in [0.15, 0.2) is 18.2 Å². The van der Waals surface area contributed by atoms with Crippen LogP contribution >= 0.6 is 0 Å². The summed E-state index contributed by atoms with van der Waals surface area (Å²) in [6.45, 7) is 5.06. The number of methoxy groups -OCH3 is 1. The molecule has 0 aliphatic carbocycles. The number of halogens is 1. The van der Waals surface area contributed by atoms with Crippen LogP contribution in [0.5, 0.6) is 0 Å². The fraction of sp³-hybridized carbons (Fsp3) is 0.562. The molecular formula is C16H24FNO3. The van der Waals surface area contributed by atoms with Crippen molar-refractivity contribution in [1.82, 2.24) is 5.32 Å². The van der Waals surface area contributed by atoms with Gasteiger partial charge in [-0.05, 0) is 37.1 Å². The van der Waals surface area contributed by atoms with Gasteiger partial charge in [0.1, 0.15) is 5.82 Å². The van der Waals surface area contributed by atoms with E-state index in [1.165, 1.54) is 19.2 Å². The van der Waals surface area contributed by atoms with Gasteiger partial charge in [-0.2, -0.15) is 0 Å². The fourth-order valence-electron chi connectivity index (χ4n) is 1.82. The average Bonchev–Trinajstić information content (AvgIpc) is 2.49. The predicted octanol–water partition coefficient (Wildman–Crippen LogP) is 2.91. The molecule has 1 aromatic carbocycles. The summed E-state index contributed by atoms with van der Waals surface area (Å²) in [7, 11) is 1.24. The third kappa shape index (κ3) is 6.69. The van der Waals surface area contributed by atoms with E-state index in [0.29, 0.717) is 6.54 Å². The molecule has 0 spiro atoms. The monoisotopic (exact) mass is 297 g/mol. The second-order valence-electron chi connectivity index (χ2n) is 4.80. The van der Waals surface area contributed by atoms with Crippen molar-refractivity contribution in [3.05, 3.63) is 35.1 Å². The molecule has 0 atom stereocenters. The molecule has 0 radical (unpaired) electrons. The summed E-state index contributed by atoms with van der Waals surface area (Å²) in [6.07, 6.45) is 3.16. The number of hydrogen-bond donors (Lipinski definition) is 1. The van der Waals surface area contributed by atoms with Crippen molar-refractivity contribution < 1.29 is 18.7 Å². The third-order valence-corrected chi connectivity index (χ3v) is 3.05. The maximum Gasteiger partial charge on any atom is 0.340 e. The number of carbonyl (C=O) groups is 1. The zero-order valence-electron chi connectivity index (χ0n) is 12.8. The summed E-state index contributed by atoms with van der Waals surface area (Å²) in [5.41, 5.74) is 0.762. The molecule has 0 aliphatic heterocycles. The molecule has 0 unspecified atom stereocenters. The highest BCUT2D eigenvalue weighted by Gasteiger charge is 2.11. The molecule has 1 N–H and O–H groups in total. The Morgan fingerprint density at radius 1 is 1.29 bits per heavy atom. The van der Waals surface area contributed by atoms with E-state index in [1.807, 2.05) is 0 Å². The van der Waals surface area contributed by atoms with Crippen molar-refractivity contribution in [3.63, 3.8) is 0 Å². The lowest BCUT2D eigenvalue weighted by molar-refractivity contribution is 0.0595. The highest BCUT2D eigenvalue weighted by Crippen LogP contribution is 2.11. The second kappa shape index (κ2) is 10.3. The van der Waals surface area contributed by atoms with E-state index in [-0.39, 0.29) is 5.56 Å². The molecule has 0 bridgehead atoms. The minimum absolute atomic E-state index is 0.0365. The van der Waals surface area contributed by atoms with Crippen LogP contribution < -0.4 is 5.32 Å². The molecule has 4 nitrogen and oxygen atoms in total. The maximum absolute atomic E-state index is 13.7. The minimum atomic E-state index is -0.656. The maximum atomic E-state index is 13.7. The number of hydrogen-bond acceptors (Lipinski definition) is 4. The number of carbonyl (C=O) groups excluding carboxylic acids is 1. The average molecular weight is 297 g/mol. The highest BCUT2D eigenvalue weighted by molar-refractivity contribution is 5.89. The van der Waals surface area contributed by atoms with Gasteiger partial charge in [0.25, 0.3) is 0 Å². The number of esters is 1. The summed E-state index contributed by atoms with van der Waals surface area (Å²) < 4.78 is 23.6. The van der Waals surface area contributed by atoms with Gasteiger partial charge >= 0.3 is 5.97 Å². The lowest BCUT2D eigenvalue weighted by atomic mass is 10.1. The molecule has 0 aromatic heterocycles. The van der Waals surface area contributed by atoms with Crippen LogP contribution in [0.4, 0.5) is 4.39 Å². The van der Waals surface area contributed by atoms with Gasteiger partial charge in [0, 0.05) is 19.8 Å². The molecule has 0 heterocycles. The van der Waals surface area contributed by atoms with E-state index in [0.717, 1.165) is 44.6 Å². The summed E-state index contributed by atoms with van der Waals surface area (Å²) in [5.74, 6) is -1.21. The van der Waals surface area contributed by atoms with Crippen LogP contribution in [0.3, 0.4) is 0 Å². The van der Waals surface area contributed by atoms with Gasteiger partial charge in [-0.3, -0.25) is 0 Å². The summed E-state index contributed by atoms with van der Waals surface area (Å²) in [5, 5.41) is 3.22. The van der Waals surface area contributed by atoms with E-state index >= 15 is 0 Å². The Kier molecular flexibility index (Phi) is 8.62. The quantitative estimate of drug-likeness (QED) is 0.533. The Morgan fingerprint density at radius 2 is 2.05 bits per heavy atom. The zero-order chi connectivity index (χ0) is 15.5. The van der Waals surface area contributed by atoms with Crippen LogP contribution in [0, 0.1) is 5.82 Å². The Balaban J connectivity index is 2.24. The molecule has 1 rings (SSSR count). The van der Waals surface area contributed by atoms with Gasteiger partial charge in [-0.25, -0.2) is 9.18 Å². The van der Waals surface area contributed by atoms with Gasteiger partial charge in [-0.15, -0.1) is 0 Å². The van der Waals surface area contributed by atoms with Gasteiger partial charge < -0.3 is 14.8 Å². The first-order valence-electron chi connectivity index (χ1n) is 7.34. The minimum Gasteiger partial charge on any atom is -0.465 e. The van der Waals surface area contributed by atoms with E-state index in [2.05, 4.69) is 17.0 Å². The van der Waals surface area contributed by atoms with E-state index in [1.54, 1.807) is 6.07 Å². The first-order valence-corrected chi connectivity index (χ1v) is 7.34. The Morgan fingerprint density at radius 3 is 2.71 bits per heavy atom. The molecular weight excluding hydrogens is 273 g/mol. The summed E-state index contributed by atoms with van der Waals surface area (Å²) in [6, 6.07) is 4.53. The normalized spacial score (nSPS) is 10.6. The van der Waals surface area contributed by atoms with Crippen molar-refractivity contribution >= 4 is 5.97 Å². The molecule has 21 heavy (non-hydrogen) atoms. The van der Waals surface area contributed by atoms with E-state index in [4.69, 9.17) is 4.74 Å². The Hall–Kier alpha value is -1.46. The largest absolute Gasteiger partial charge is 0.465 e. The molecule has 0 fully saturated rings. The molecule has 0 saturated heterocycles. The van der Waals surface area contributed by atoms with E-state index < -0.39 is 11.8 Å². The predicted molar refractivity (Wildman–Crippen MR) is 79.8 cm³/mol. The van der Waals surface area contributed by atoms with Crippen LogP contribution in [-0.2, 0) is 16.0 Å².